The molecule has 1 aromatic carbocycles. The first-order chi connectivity index (χ1) is 8.18. The van der Waals surface area contributed by atoms with Gasteiger partial charge in [0, 0.05) is 12.0 Å². The van der Waals surface area contributed by atoms with Crippen molar-refractivity contribution in [3.05, 3.63) is 35.4 Å². The van der Waals surface area contributed by atoms with Crippen LogP contribution in [0.2, 0.25) is 0 Å². The largest absolute Gasteiger partial charge is 0.366 e. The van der Waals surface area contributed by atoms with Crippen LogP contribution in [-0.2, 0) is 16.2 Å². The van der Waals surface area contributed by atoms with E-state index in [1.165, 1.54) is 5.06 Å². The fraction of sp³-hybridized carbons (Fsp3) is 0.333. The molecule has 90 valence electrons. The predicted octanol–water partition coefficient (Wildman–Crippen LogP) is 0.839. The van der Waals surface area contributed by atoms with Gasteiger partial charge in [-0.15, -0.1) is 0 Å². The Morgan fingerprint density at radius 3 is 2.88 bits per heavy atom. The lowest BCUT2D eigenvalue weighted by atomic mass is 10.1. The van der Waals surface area contributed by atoms with Crippen LogP contribution in [0.4, 0.5) is 0 Å². The first-order valence-corrected chi connectivity index (χ1v) is 5.49. The number of primary amides is 1. The lowest BCUT2D eigenvalue weighted by Crippen LogP contribution is -2.35. The lowest BCUT2D eigenvalue weighted by Gasteiger charge is -2.26. The van der Waals surface area contributed by atoms with E-state index in [0.717, 1.165) is 6.42 Å². The number of hydrogen-bond acceptors (Lipinski definition) is 3. The summed E-state index contributed by atoms with van der Waals surface area (Å²) in [4.78, 5) is 28.0. The van der Waals surface area contributed by atoms with Crippen molar-refractivity contribution in [3.8, 4) is 0 Å². The van der Waals surface area contributed by atoms with Gasteiger partial charge in [0.2, 0.25) is 11.8 Å². The number of nitrogens with two attached hydrogens (primary N) is 1. The molecule has 0 aliphatic carbocycles. The summed E-state index contributed by atoms with van der Waals surface area (Å²) in [6.45, 7) is 0.794. The van der Waals surface area contributed by atoms with Crippen LogP contribution in [0.1, 0.15) is 28.8 Å². The third-order valence-corrected chi connectivity index (χ3v) is 2.66. The maximum atomic E-state index is 11.6. The van der Waals surface area contributed by atoms with Gasteiger partial charge in [-0.2, -0.15) is 0 Å². The van der Waals surface area contributed by atoms with Crippen LogP contribution in [0, 0.1) is 0 Å². The third-order valence-electron chi connectivity index (χ3n) is 2.66. The first kappa shape index (κ1) is 11.6. The third kappa shape index (κ3) is 2.62. The monoisotopic (exact) mass is 234 g/mol. The minimum absolute atomic E-state index is 0.0597. The second-order valence-corrected chi connectivity index (χ2v) is 3.89. The summed E-state index contributed by atoms with van der Waals surface area (Å²) in [7, 11) is 0. The minimum Gasteiger partial charge on any atom is -0.366 e. The van der Waals surface area contributed by atoms with E-state index in [9.17, 15) is 9.59 Å². The summed E-state index contributed by atoms with van der Waals surface area (Å²) >= 11 is 0. The molecule has 5 nitrogen and oxygen atoms in total. The molecule has 5 heteroatoms. The van der Waals surface area contributed by atoms with E-state index in [4.69, 9.17) is 10.6 Å². The van der Waals surface area contributed by atoms with Crippen molar-refractivity contribution in [1.82, 2.24) is 5.06 Å². The summed E-state index contributed by atoms with van der Waals surface area (Å²) in [5.41, 5.74) is 6.40. The molecule has 0 bridgehead atoms. The topological polar surface area (TPSA) is 72.6 Å². The molecule has 0 atom stereocenters. The van der Waals surface area contributed by atoms with Crippen LogP contribution in [-0.4, -0.2) is 23.5 Å². The van der Waals surface area contributed by atoms with Gasteiger partial charge in [0.1, 0.15) is 0 Å². The van der Waals surface area contributed by atoms with Crippen molar-refractivity contribution in [2.75, 3.05) is 6.61 Å². The highest BCUT2D eigenvalue weighted by Gasteiger charge is 2.21. The molecule has 0 saturated carbocycles. The molecule has 1 fully saturated rings. The van der Waals surface area contributed by atoms with Crippen molar-refractivity contribution < 1.29 is 14.4 Å². The maximum absolute atomic E-state index is 11.6. The molecule has 2 rings (SSSR count). The van der Waals surface area contributed by atoms with E-state index in [0.29, 0.717) is 24.2 Å². The lowest BCUT2D eigenvalue weighted by molar-refractivity contribution is -0.201. The second-order valence-electron chi connectivity index (χ2n) is 3.89. The van der Waals surface area contributed by atoms with Crippen LogP contribution in [0.25, 0.3) is 0 Å². The van der Waals surface area contributed by atoms with Gasteiger partial charge in [-0.3, -0.25) is 14.4 Å². The molecule has 0 aromatic heterocycles. The van der Waals surface area contributed by atoms with Crippen molar-refractivity contribution in [2.45, 2.75) is 19.4 Å². The van der Waals surface area contributed by atoms with E-state index in [2.05, 4.69) is 0 Å². The molecule has 1 aliphatic heterocycles. The van der Waals surface area contributed by atoms with Gasteiger partial charge in [-0.05, 0) is 18.1 Å². The minimum atomic E-state index is -0.495. The molecule has 1 aliphatic rings. The molecule has 0 radical (unpaired) electrons. The van der Waals surface area contributed by atoms with Gasteiger partial charge in [0.25, 0.3) is 0 Å². The maximum Gasteiger partial charge on any atom is 0.249 e. The van der Waals surface area contributed by atoms with E-state index < -0.39 is 5.91 Å². The Kier molecular flexibility index (Phi) is 3.39. The summed E-state index contributed by atoms with van der Waals surface area (Å²) in [6.07, 6.45) is 1.23. The fourth-order valence-electron chi connectivity index (χ4n) is 1.78. The predicted molar refractivity (Wildman–Crippen MR) is 60.7 cm³/mol. The number of benzene rings is 1. The molecule has 1 aromatic rings. The fourth-order valence-corrected chi connectivity index (χ4v) is 1.78. The highest BCUT2D eigenvalue weighted by atomic mass is 16.7. The molecule has 0 unspecified atom stereocenters. The standard InChI is InChI=1S/C12H14N2O3/c13-12(16)10-5-2-1-4-9(10)8-14-11(15)6-3-7-17-14/h1-2,4-5H,3,6-8H2,(H2,13,16). The highest BCUT2D eigenvalue weighted by Crippen LogP contribution is 2.15. The Hall–Kier alpha value is -1.88. The SMILES string of the molecule is NC(=O)c1ccccc1CN1OCCCC1=O. The van der Waals surface area contributed by atoms with Crippen LogP contribution in [0.15, 0.2) is 24.3 Å². The molecule has 0 spiro atoms. The molecule has 2 N–H and O–H groups in total. The highest BCUT2D eigenvalue weighted by molar-refractivity contribution is 5.94. The number of amides is 2. The van der Waals surface area contributed by atoms with Crippen molar-refractivity contribution in [2.24, 2.45) is 5.73 Å². The van der Waals surface area contributed by atoms with Gasteiger partial charge in [-0.25, -0.2) is 5.06 Å². The Morgan fingerprint density at radius 1 is 1.41 bits per heavy atom. The summed E-state index contributed by atoms with van der Waals surface area (Å²) in [5, 5.41) is 1.30. The Bertz CT molecular complexity index is 445. The molecular weight excluding hydrogens is 220 g/mol. The molecule has 1 saturated heterocycles. The number of nitrogens with zero attached hydrogens (tertiary/aromatic N) is 1. The number of carbonyl (C=O) groups excluding carboxylic acids is 2. The van der Waals surface area contributed by atoms with Gasteiger partial charge >= 0.3 is 0 Å². The summed E-state index contributed by atoms with van der Waals surface area (Å²) < 4.78 is 0. The first-order valence-electron chi connectivity index (χ1n) is 5.49. The Balaban J connectivity index is 2.17. The average Bonchev–Trinajstić information content (AvgIpc) is 2.32. The van der Waals surface area contributed by atoms with Gasteiger partial charge in [-0.1, -0.05) is 18.2 Å². The van der Waals surface area contributed by atoms with E-state index in [1.807, 2.05) is 0 Å². The van der Waals surface area contributed by atoms with E-state index >= 15 is 0 Å². The van der Waals surface area contributed by atoms with Gasteiger partial charge in [0.05, 0.1) is 13.2 Å². The number of hydrogen-bond donors (Lipinski definition) is 1. The van der Waals surface area contributed by atoms with Crippen molar-refractivity contribution in [1.29, 1.82) is 0 Å². The zero-order chi connectivity index (χ0) is 12.3. The molecular formula is C12H14N2O3. The van der Waals surface area contributed by atoms with Crippen molar-refractivity contribution in [3.63, 3.8) is 0 Å². The normalized spacial score (nSPS) is 16.0. The van der Waals surface area contributed by atoms with E-state index in [1.54, 1.807) is 24.3 Å². The average molecular weight is 234 g/mol. The second kappa shape index (κ2) is 4.97. The van der Waals surface area contributed by atoms with Crippen LogP contribution in [0.5, 0.6) is 0 Å². The van der Waals surface area contributed by atoms with Crippen LogP contribution < -0.4 is 5.73 Å². The molecule has 17 heavy (non-hydrogen) atoms. The Morgan fingerprint density at radius 2 is 2.18 bits per heavy atom. The smallest absolute Gasteiger partial charge is 0.249 e. The Labute approximate surface area is 99.1 Å². The molecule has 1 heterocycles. The zero-order valence-electron chi connectivity index (χ0n) is 9.39. The van der Waals surface area contributed by atoms with Gasteiger partial charge < -0.3 is 5.73 Å². The van der Waals surface area contributed by atoms with Crippen LogP contribution in [0.3, 0.4) is 0 Å². The van der Waals surface area contributed by atoms with Gasteiger partial charge in [0.15, 0.2) is 0 Å². The van der Waals surface area contributed by atoms with Crippen molar-refractivity contribution >= 4 is 11.8 Å². The van der Waals surface area contributed by atoms with E-state index in [-0.39, 0.29) is 12.5 Å². The number of carbonyl (C=O) groups is 2. The van der Waals surface area contributed by atoms with Crippen LogP contribution >= 0.6 is 0 Å². The quantitative estimate of drug-likeness (QED) is 0.842. The zero-order valence-corrected chi connectivity index (χ0v) is 9.39. The summed E-state index contributed by atoms with van der Waals surface area (Å²) in [5.74, 6) is -0.555. The summed E-state index contributed by atoms with van der Waals surface area (Å²) in [6, 6.07) is 6.95. The number of rotatable bonds is 3. The number of hydroxylamine groups is 2. The molecule has 2 amide bonds.